The molecule has 4 aromatic rings. The number of benzene rings is 2. The Labute approximate surface area is 207 Å². The van der Waals surface area contributed by atoms with E-state index in [-0.39, 0.29) is 4.90 Å². The number of pyridine rings is 1. The van der Waals surface area contributed by atoms with E-state index in [1.54, 1.807) is 12.1 Å². The van der Waals surface area contributed by atoms with Gasteiger partial charge in [0.05, 0.1) is 18.1 Å². The number of methoxy groups -OCH3 is 1. The number of anilines is 1. The van der Waals surface area contributed by atoms with Gasteiger partial charge in [0.1, 0.15) is 29.8 Å². The first kappa shape index (κ1) is 25.0. The van der Waals surface area contributed by atoms with Crippen molar-refractivity contribution in [2.45, 2.75) is 50.5 Å². The average Bonchev–Trinajstić information content (AvgIpc) is 3.21. The number of para-hydroxylation sites is 1. The van der Waals surface area contributed by atoms with Crippen LogP contribution in [0, 0.1) is 0 Å². The molecule has 10 heteroatoms. The molecule has 35 heavy (non-hydrogen) atoms. The van der Waals surface area contributed by atoms with Crippen LogP contribution in [-0.4, -0.2) is 44.5 Å². The molecular weight excluding hydrogens is 461 g/mol. The Hall–Kier alpha value is -3.11. The maximum atomic E-state index is 12.9. The molecule has 184 valence electrons. The van der Waals surface area contributed by atoms with Crippen LogP contribution >= 0.6 is 0 Å². The summed E-state index contributed by atoms with van der Waals surface area (Å²) >= 11 is 0. The van der Waals surface area contributed by atoms with Gasteiger partial charge in [0, 0.05) is 24.9 Å². The molecule has 0 aliphatic rings. The molecule has 0 spiro atoms. The van der Waals surface area contributed by atoms with Crippen molar-refractivity contribution in [3.8, 4) is 5.75 Å². The van der Waals surface area contributed by atoms with Crippen molar-refractivity contribution in [1.29, 1.82) is 0 Å². The Balaban J connectivity index is 1.52. The number of aromatic nitrogens is 3. The highest BCUT2D eigenvalue weighted by molar-refractivity contribution is 7.89. The summed E-state index contributed by atoms with van der Waals surface area (Å²) in [6.45, 7) is 3.22. The first-order valence-corrected chi connectivity index (χ1v) is 13.5. The van der Waals surface area contributed by atoms with Crippen molar-refractivity contribution in [1.82, 2.24) is 19.3 Å². The summed E-state index contributed by atoms with van der Waals surface area (Å²) in [5.41, 5.74) is 9.72. The third-order valence-electron chi connectivity index (χ3n) is 6.15. The number of imidazole rings is 1. The van der Waals surface area contributed by atoms with Crippen LogP contribution in [-0.2, 0) is 23.0 Å². The summed E-state index contributed by atoms with van der Waals surface area (Å²) < 4.78 is 35.9. The topological polar surface area (TPSA) is 112 Å². The molecule has 0 radical (unpaired) electrons. The average molecular weight is 493 g/mol. The molecule has 3 N–H and O–H groups in total. The molecule has 2 heterocycles. The molecule has 0 aliphatic heterocycles. The number of fused-ring (bicyclic) bond motifs is 3. The first-order valence-electron chi connectivity index (χ1n) is 12.0. The first-order chi connectivity index (χ1) is 16.9. The van der Waals surface area contributed by atoms with E-state index in [4.69, 9.17) is 15.5 Å². The van der Waals surface area contributed by atoms with Gasteiger partial charge in [0.25, 0.3) is 0 Å². The van der Waals surface area contributed by atoms with Crippen LogP contribution in [0.25, 0.3) is 21.9 Å². The lowest BCUT2D eigenvalue weighted by atomic mass is 9.97. The maximum Gasteiger partial charge on any atom is 0.244 e. The minimum atomic E-state index is -3.67. The van der Waals surface area contributed by atoms with Gasteiger partial charge in [-0.15, -0.1) is 0 Å². The molecule has 0 fully saturated rings. The SMILES string of the molecule is Bc1ccc(OC)c(S(=O)(=O)NCCCCn2c(CCCC)nc3c(N)nc4ccccc4c32)c1. The van der Waals surface area contributed by atoms with Crippen LogP contribution in [0.4, 0.5) is 5.82 Å². The number of nitrogen functional groups attached to an aromatic ring is 1. The van der Waals surface area contributed by atoms with Gasteiger partial charge in [0.2, 0.25) is 10.0 Å². The molecule has 0 unspecified atom stereocenters. The summed E-state index contributed by atoms with van der Waals surface area (Å²) in [6.07, 6.45) is 4.43. The number of nitrogens with one attached hydrogen (secondary N) is 1. The summed E-state index contributed by atoms with van der Waals surface area (Å²) in [5.74, 6) is 1.78. The third kappa shape index (κ3) is 5.28. The van der Waals surface area contributed by atoms with E-state index in [1.807, 2.05) is 32.1 Å². The smallest absolute Gasteiger partial charge is 0.244 e. The fraction of sp³-hybridized carbons (Fsp3) is 0.360. The number of nitrogens with two attached hydrogens (primary N) is 1. The van der Waals surface area contributed by atoms with E-state index in [2.05, 4.69) is 27.3 Å². The van der Waals surface area contributed by atoms with E-state index in [0.717, 1.165) is 65.5 Å². The second-order valence-electron chi connectivity index (χ2n) is 8.75. The number of ether oxygens (including phenoxy) is 1. The predicted octanol–water partition coefficient (Wildman–Crippen LogP) is 2.54. The molecule has 0 aliphatic carbocycles. The lowest BCUT2D eigenvalue weighted by molar-refractivity contribution is 0.402. The van der Waals surface area contributed by atoms with Gasteiger partial charge in [-0.05, 0) is 37.5 Å². The zero-order valence-corrected chi connectivity index (χ0v) is 21.4. The molecular formula is C25H32BN5O3S. The number of rotatable bonds is 11. The fourth-order valence-corrected chi connectivity index (χ4v) is 5.67. The predicted molar refractivity (Wildman–Crippen MR) is 144 cm³/mol. The summed E-state index contributed by atoms with van der Waals surface area (Å²) in [6, 6.07) is 13.1. The van der Waals surface area contributed by atoms with Crippen molar-refractivity contribution in [2.75, 3.05) is 19.4 Å². The van der Waals surface area contributed by atoms with Crippen LogP contribution in [0.1, 0.15) is 38.4 Å². The Bertz CT molecular complexity index is 1450. The Kier molecular flexibility index (Phi) is 7.61. The molecule has 2 aromatic heterocycles. The van der Waals surface area contributed by atoms with Crippen LogP contribution < -0.4 is 20.7 Å². The van der Waals surface area contributed by atoms with E-state index < -0.39 is 10.0 Å². The number of unbranched alkanes of at least 4 members (excludes halogenated alkanes) is 2. The maximum absolute atomic E-state index is 12.9. The highest BCUT2D eigenvalue weighted by atomic mass is 32.2. The second kappa shape index (κ2) is 10.7. The van der Waals surface area contributed by atoms with Gasteiger partial charge in [-0.1, -0.05) is 43.1 Å². The Morgan fingerprint density at radius 1 is 1.11 bits per heavy atom. The highest BCUT2D eigenvalue weighted by Crippen LogP contribution is 2.29. The second-order valence-corrected chi connectivity index (χ2v) is 10.5. The molecule has 8 nitrogen and oxygen atoms in total. The quantitative estimate of drug-likeness (QED) is 0.245. The molecule has 0 atom stereocenters. The largest absolute Gasteiger partial charge is 0.495 e. The van der Waals surface area contributed by atoms with E-state index >= 15 is 0 Å². The Morgan fingerprint density at radius 2 is 1.91 bits per heavy atom. The Morgan fingerprint density at radius 3 is 2.69 bits per heavy atom. The van der Waals surface area contributed by atoms with Gasteiger partial charge in [0.15, 0.2) is 5.82 Å². The van der Waals surface area contributed by atoms with Crippen molar-refractivity contribution < 1.29 is 13.2 Å². The minimum Gasteiger partial charge on any atom is -0.495 e. The van der Waals surface area contributed by atoms with Crippen molar-refractivity contribution in [3.63, 3.8) is 0 Å². The van der Waals surface area contributed by atoms with Gasteiger partial charge in [-0.3, -0.25) is 0 Å². The van der Waals surface area contributed by atoms with Crippen LogP contribution in [0.5, 0.6) is 5.75 Å². The lowest BCUT2D eigenvalue weighted by Crippen LogP contribution is -2.26. The standard InChI is InChI=1S/C25H32BN5O3S/c1-3-4-11-22-30-23-24(18-9-5-6-10-19(18)29-25(23)27)31(22)15-8-7-14-28-35(32,33)21-16-17(26)12-13-20(21)34-2/h5-6,9-10,12-13,16,28H,3-4,7-8,11,14-15,26H2,1-2H3,(H2,27,29). The summed E-state index contributed by atoms with van der Waals surface area (Å²) in [7, 11) is -0.337. The number of hydrogen-bond acceptors (Lipinski definition) is 6. The van der Waals surface area contributed by atoms with E-state index in [1.165, 1.54) is 7.11 Å². The van der Waals surface area contributed by atoms with E-state index in [9.17, 15) is 8.42 Å². The number of nitrogens with zero attached hydrogens (tertiary/aromatic N) is 3. The van der Waals surface area contributed by atoms with Gasteiger partial charge >= 0.3 is 0 Å². The lowest BCUT2D eigenvalue weighted by Gasteiger charge is -2.13. The van der Waals surface area contributed by atoms with E-state index in [0.29, 0.717) is 24.5 Å². The monoisotopic (exact) mass is 493 g/mol. The molecule has 4 rings (SSSR count). The zero-order chi connectivity index (χ0) is 25.0. The van der Waals surface area contributed by atoms with Crippen molar-refractivity contribution in [3.05, 3.63) is 48.3 Å². The highest BCUT2D eigenvalue weighted by Gasteiger charge is 2.20. The van der Waals surface area contributed by atoms with Gasteiger partial charge in [-0.25, -0.2) is 23.1 Å². The van der Waals surface area contributed by atoms with Crippen molar-refractivity contribution >= 4 is 51.1 Å². The number of hydrogen-bond donors (Lipinski definition) is 2. The molecule has 0 saturated carbocycles. The van der Waals surface area contributed by atoms with Crippen LogP contribution in [0.15, 0.2) is 47.4 Å². The molecule has 0 saturated heterocycles. The normalized spacial score (nSPS) is 11.9. The van der Waals surface area contributed by atoms with Gasteiger partial charge in [-0.2, -0.15) is 0 Å². The molecule has 0 bridgehead atoms. The zero-order valence-electron chi connectivity index (χ0n) is 20.5. The fourth-order valence-electron chi connectivity index (χ4n) is 4.34. The molecule has 2 aromatic carbocycles. The van der Waals surface area contributed by atoms with Crippen LogP contribution in [0.2, 0.25) is 0 Å². The van der Waals surface area contributed by atoms with Crippen LogP contribution in [0.3, 0.4) is 0 Å². The summed E-state index contributed by atoms with van der Waals surface area (Å²) in [4.78, 5) is 9.56. The third-order valence-corrected chi connectivity index (χ3v) is 7.63. The number of sulfonamides is 1. The number of aryl methyl sites for hydroxylation is 2. The summed E-state index contributed by atoms with van der Waals surface area (Å²) in [5, 5.41) is 1.03. The van der Waals surface area contributed by atoms with Gasteiger partial charge < -0.3 is 15.0 Å². The van der Waals surface area contributed by atoms with Crippen molar-refractivity contribution in [2.24, 2.45) is 0 Å². The molecule has 0 amide bonds. The minimum absolute atomic E-state index is 0.164.